The van der Waals surface area contributed by atoms with Crippen molar-refractivity contribution in [2.24, 2.45) is 0 Å². The zero-order valence-electron chi connectivity index (χ0n) is 14.7. The van der Waals surface area contributed by atoms with Crippen molar-refractivity contribution in [3.8, 4) is 0 Å². The van der Waals surface area contributed by atoms with Gasteiger partial charge in [0.05, 0.1) is 11.6 Å². The minimum atomic E-state index is -0.791. The Bertz CT molecular complexity index is 1110. The van der Waals surface area contributed by atoms with E-state index < -0.39 is 17.6 Å². The molecule has 0 heterocycles. The van der Waals surface area contributed by atoms with Gasteiger partial charge in [-0.2, -0.15) is 0 Å². The Morgan fingerprint density at radius 1 is 0.750 bits per heavy atom. The van der Waals surface area contributed by atoms with Crippen LogP contribution in [0.2, 0.25) is 5.02 Å². The van der Waals surface area contributed by atoms with E-state index in [1.54, 1.807) is 42.5 Å². The minimum absolute atomic E-state index is 0.0133. The summed E-state index contributed by atoms with van der Waals surface area (Å²) in [6.07, 6.45) is 0. The smallest absolute Gasteiger partial charge is 0.235 e. The number of hydrogen-bond acceptors (Lipinski definition) is 4. The summed E-state index contributed by atoms with van der Waals surface area (Å²) in [5.74, 6) is -1.60. The van der Waals surface area contributed by atoms with Gasteiger partial charge in [0.2, 0.25) is 11.6 Å². The van der Waals surface area contributed by atoms with Crippen LogP contribution in [0, 0.1) is 0 Å². The fraction of sp³-hybridized carbons (Fsp3) is 0.0435. The van der Waals surface area contributed by atoms with E-state index in [4.69, 9.17) is 11.6 Å². The van der Waals surface area contributed by atoms with Crippen LogP contribution in [0.4, 0.5) is 5.69 Å². The van der Waals surface area contributed by atoms with Crippen molar-refractivity contribution in [2.45, 2.75) is 6.04 Å². The molecule has 4 nitrogen and oxygen atoms in total. The molecule has 1 unspecified atom stereocenters. The van der Waals surface area contributed by atoms with Gasteiger partial charge in [0.25, 0.3) is 0 Å². The number of anilines is 1. The number of hydrogen-bond donors (Lipinski definition) is 2. The molecule has 4 rings (SSSR count). The maximum atomic E-state index is 13.0. The van der Waals surface area contributed by atoms with Gasteiger partial charge in [-0.05, 0) is 23.8 Å². The molecule has 0 saturated heterocycles. The Hall–Kier alpha value is -3.37. The summed E-state index contributed by atoms with van der Waals surface area (Å²) in [5, 5.41) is 14.6. The van der Waals surface area contributed by atoms with E-state index in [0.717, 1.165) is 5.69 Å². The average Bonchev–Trinajstić information content (AvgIpc) is 2.73. The molecule has 0 fully saturated rings. The Labute approximate surface area is 167 Å². The Kier molecular flexibility index (Phi) is 4.72. The molecule has 0 amide bonds. The quantitative estimate of drug-likeness (QED) is 0.600. The first-order valence-electron chi connectivity index (χ1n) is 8.75. The van der Waals surface area contributed by atoms with Gasteiger partial charge in [0.1, 0.15) is 5.76 Å². The van der Waals surface area contributed by atoms with Crippen LogP contribution in [0.25, 0.3) is 5.76 Å². The van der Waals surface area contributed by atoms with Crippen molar-refractivity contribution in [2.75, 3.05) is 5.32 Å². The first-order chi connectivity index (χ1) is 13.6. The number of halogens is 1. The zero-order valence-corrected chi connectivity index (χ0v) is 15.5. The van der Waals surface area contributed by atoms with E-state index in [0.29, 0.717) is 16.1 Å². The van der Waals surface area contributed by atoms with Crippen molar-refractivity contribution >= 4 is 34.6 Å². The van der Waals surface area contributed by atoms with E-state index >= 15 is 0 Å². The first-order valence-corrected chi connectivity index (χ1v) is 9.13. The number of para-hydroxylation sites is 1. The fourth-order valence-electron chi connectivity index (χ4n) is 3.37. The topological polar surface area (TPSA) is 66.4 Å². The molecule has 28 heavy (non-hydrogen) atoms. The molecule has 0 bridgehead atoms. The maximum absolute atomic E-state index is 13.0. The van der Waals surface area contributed by atoms with Crippen molar-refractivity contribution in [1.82, 2.24) is 0 Å². The number of nitrogens with one attached hydrogen (secondary N) is 1. The number of aliphatic hydroxyl groups excluding tert-OH is 1. The summed E-state index contributed by atoms with van der Waals surface area (Å²) in [5.41, 5.74) is 1.85. The number of aliphatic hydroxyl groups is 1. The summed E-state index contributed by atoms with van der Waals surface area (Å²) >= 11 is 6.40. The number of ketones is 2. The highest BCUT2D eigenvalue weighted by Gasteiger charge is 2.38. The lowest BCUT2D eigenvalue weighted by Gasteiger charge is -2.27. The molecule has 3 aromatic rings. The van der Waals surface area contributed by atoms with Crippen LogP contribution in [0.1, 0.15) is 27.5 Å². The molecular formula is C23H16ClNO3. The Balaban J connectivity index is 1.92. The highest BCUT2D eigenvalue weighted by Crippen LogP contribution is 2.38. The number of carbonyl (C=O) groups is 2. The third-order valence-electron chi connectivity index (χ3n) is 4.72. The molecule has 1 aliphatic rings. The monoisotopic (exact) mass is 389 g/mol. The highest BCUT2D eigenvalue weighted by molar-refractivity contribution is 6.52. The predicted octanol–water partition coefficient (Wildman–Crippen LogP) is 5.23. The molecule has 138 valence electrons. The van der Waals surface area contributed by atoms with Crippen LogP contribution in [0.5, 0.6) is 0 Å². The van der Waals surface area contributed by atoms with Gasteiger partial charge in [-0.15, -0.1) is 0 Å². The Morgan fingerprint density at radius 2 is 1.36 bits per heavy atom. The first kappa shape index (κ1) is 18.0. The van der Waals surface area contributed by atoms with E-state index in [9.17, 15) is 14.7 Å². The molecule has 0 aromatic heterocycles. The number of Topliss-reactive ketones (excluding diaryl/α,β-unsaturated/α-hetero) is 2. The number of fused-ring (bicyclic) bond motifs is 1. The third-order valence-corrected chi connectivity index (χ3v) is 5.07. The Morgan fingerprint density at radius 3 is 2.07 bits per heavy atom. The predicted molar refractivity (Wildman–Crippen MR) is 110 cm³/mol. The van der Waals surface area contributed by atoms with Gasteiger partial charge >= 0.3 is 0 Å². The molecule has 5 heteroatoms. The van der Waals surface area contributed by atoms with Crippen molar-refractivity contribution in [3.05, 3.63) is 106 Å². The van der Waals surface area contributed by atoms with Gasteiger partial charge in [0, 0.05) is 21.8 Å². The van der Waals surface area contributed by atoms with Crippen LogP contribution in [0.15, 0.2) is 84.4 Å². The second-order valence-electron chi connectivity index (χ2n) is 6.43. The lowest BCUT2D eigenvalue weighted by molar-refractivity contribution is -0.112. The normalized spacial score (nSPS) is 14.6. The van der Waals surface area contributed by atoms with E-state index in [1.165, 1.54) is 6.07 Å². The second kappa shape index (κ2) is 7.33. The summed E-state index contributed by atoms with van der Waals surface area (Å²) in [7, 11) is 0. The van der Waals surface area contributed by atoms with Gasteiger partial charge < -0.3 is 10.4 Å². The third kappa shape index (κ3) is 3.08. The molecule has 1 atom stereocenters. The number of benzene rings is 3. The van der Waals surface area contributed by atoms with Crippen LogP contribution in [-0.2, 0) is 4.79 Å². The van der Waals surface area contributed by atoms with E-state index in [2.05, 4.69) is 5.32 Å². The van der Waals surface area contributed by atoms with Gasteiger partial charge in [0.15, 0.2) is 0 Å². The van der Waals surface area contributed by atoms with Crippen LogP contribution >= 0.6 is 11.6 Å². The fourth-order valence-corrected chi connectivity index (χ4v) is 3.61. The lowest BCUT2D eigenvalue weighted by Crippen LogP contribution is -2.30. The molecule has 1 aliphatic carbocycles. The van der Waals surface area contributed by atoms with Gasteiger partial charge in [-0.25, -0.2) is 0 Å². The largest absolute Gasteiger partial charge is 0.507 e. The molecule has 0 radical (unpaired) electrons. The van der Waals surface area contributed by atoms with Crippen LogP contribution < -0.4 is 5.32 Å². The van der Waals surface area contributed by atoms with Crippen LogP contribution in [-0.4, -0.2) is 16.7 Å². The average molecular weight is 390 g/mol. The number of rotatable bonds is 4. The number of carbonyl (C=O) groups excluding carboxylic acids is 2. The highest BCUT2D eigenvalue weighted by atomic mass is 35.5. The van der Waals surface area contributed by atoms with Crippen LogP contribution in [0.3, 0.4) is 0 Å². The van der Waals surface area contributed by atoms with Crippen molar-refractivity contribution in [1.29, 1.82) is 0 Å². The minimum Gasteiger partial charge on any atom is -0.507 e. The molecule has 2 N–H and O–H groups in total. The lowest BCUT2D eigenvalue weighted by atomic mass is 9.83. The maximum Gasteiger partial charge on any atom is 0.235 e. The second-order valence-corrected chi connectivity index (χ2v) is 6.84. The SMILES string of the molecule is O=C1C(=O)c2ccccc2C(O)=C1C(Nc1ccccc1)c1ccccc1Cl. The molecule has 3 aromatic carbocycles. The zero-order chi connectivity index (χ0) is 19.7. The van der Waals surface area contributed by atoms with E-state index in [1.807, 2.05) is 30.3 Å². The summed E-state index contributed by atoms with van der Waals surface area (Å²) < 4.78 is 0. The summed E-state index contributed by atoms with van der Waals surface area (Å²) in [6.45, 7) is 0. The van der Waals surface area contributed by atoms with Crippen molar-refractivity contribution < 1.29 is 14.7 Å². The summed E-state index contributed by atoms with van der Waals surface area (Å²) in [6, 6.07) is 22.0. The van der Waals surface area contributed by atoms with E-state index in [-0.39, 0.29) is 16.9 Å². The molecule has 0 spiro atoms. The molecular weight excluding hydrogens is 374 g/mol. The van der Waals surface area contributed by atoms with Gasteiger partial charge in [-0.3, -0.25) is 9.59 Å². The molecule has 0 saturated carbocycles. The standard InChI is InChI=1S/C23H16ClNO3/c24-18-13-7-6-12-17(18)20(25-14-8-2-1-3-9-14)19-21(26)15-10-4-5-11-16(15)22(27)23(19)28/h1-13,20,25-26H. The van der Waals surface area contributed by atoms with Gasteiger partial charge in [-0.1, -0.05) is 72.3 Å². The summed E-state index contributed by atoms with van der Waals surface area (Å²) in [4.78, 5) is 25.7. The van der Waals surface area contributed by atoms with Crippen molar-refractivity contribution in [3.63, 3.8) is 0 Å². The molecule has 0 aliphatic heterocycles.